The quantitative estimate of drug-likeness (QED) is 0.696. The molecule has 0 saturated heterocycles. The van der Waals surface area contributed by atoms with Crippen molar-refractivity contribution in [2.24, 2.45) is 17.8 Å². The third-order valence-electron chi connectivity index (χ3n) is 2.89. The largest absolute Gasteiger partial charge is 0.396 e. The molecule has 3 atom stereocenters. The molecule has 1 aliphatic rings. The minimum absolute atomic E-state index is 0.174. The third kappa shape index (κ3) is 2.74. The van der Waals surface area contributed by atoms with Gasteiger partial charge in [0, 0.05) is 6.61 Å². The number of aliphatic hydroxyl groups is 1. The van der Waals surface area contributed by atoms with Crippen molar-refractivity contribution in [1.82, 2.24) is 0 Å². The molecule has 3 unspecified atom stereocenters. The number of aliphatic hydroxyl groups excluding tert-OH is 1. The van der Waals surface area contributed by atoms with Crippen LogP contribution in [0, 0.1) is 17.8 Å². The van der Waals surface area contributed by atoms with E-state index in [1.54, 1.807) is 0 Å². The van der Waals surface area contributed by atoms with Gasteiger partial charge in [0.15, 0.2) is 0 Å². The molecule has 0 radical (unpaired) electrons. The first kappa shape index (κ1) is 9.97. The summed E-state index contributed by atoms with van der Waals surface area (Å²) in [4.78, 5) is 0. The van der Waals surface area contributed by atoms with Gasteiger partial charge in [-0.25, -0.2) is 0 Å². The molecule has 1 rings (SSSR count). The van der Waals surface area contributed by atoms with Gasteiger partial charge >= 0.3 is 0 Å². The second-order valence-electron chi connectivity index (χ2n) is 4.21. The first-order valence-corrected chi connectivity index (χ1v) is 4.93. The SMILES string of the molecule is CC1CC(CF)CC(CCO)C1. The van der Waals surface area contributed by atoms with Crippen molar-refractivity contribution in [2.45, 2.75) is 32.6 Å². The zero-order chi connectivity index (χ0) is 8.97. The summed E-state index contributed by atoms with van der Waals surface area (Å²) in [6.45, 7) is 2.27. The summed E-state index contributed by atoms with van der Waals surface area (Å²) in [6, 6.07) is 0. The van der Waals surface area contributed by atoms with Gasteiger partial charge in [-0.1, -0.05) is 6.92 Å². The Hall–Kier alpha value is -0.110. The lowest BCUT2D eigenvalue weighted by Gasteiger charge is -2.31. The van der Waals surface area contributed by atoms with Gasteiger partial charge in [0.2, 0.25) is 0 Å². The van der Waals surface area contributed by atoms with E-state index in [0.29, 0.717) is 11.8 Å². The fraction of sp³-hybridized carbons (Fsp3) is 1.00. The molecule has 1 nitrogen and oxygen atoms in total. The Labute approximate surface area is 74.0 Å². The van der Waals surface area contributed by atoms with E-state index in [-0.39, 0.29) is 19.2 Å². The highest BCUT2D eigenvalue weighted by Gasteiger charge is 2.25. The number of alkyl halides is 1. The van der Waals surface area contributed by atoms with Crippen LogP contribution in [0.1, 0.15) is 32.6 Å². The van der Waals surface area contributed by atoms with Crippen LogP contribution < -0.4 is 0 Å². The number of hydrogen-bond acceptors (Lipinski definition) is 1. The summed E-state index contributed by atoms with van der Waals surface area (Å²) < 4.78 is 12.4. The molecule has 72 valence electrons. The molecular formula is C10H19FO. The van der Waals surface area contributed by atoms with Crippen LogP contribution in [-0.4, -0.2) is 18.4 Å². The summed E-state index contributed by atoms with van der Waals surface area (Å²) >= 11 is 0. The minimum Gasteiger partial charge on any atom is -0.396 e. The number of halogens is 1. The maximum Gasteiger partial charge on any atom is 0.0922 e. The number of hydrogen-bond donors (Lipinski definition) is 1. The Morgan fingerprint density at radius 2 is 1.92 bits per heavy atom. The molecule has 1 fully saturated rings. The molecule has 2 heteroatoms. The highest BCUT2D eigenvalue weighted by molar-refractivity contribution is 4.76. The molecule has 12 heavy (non-hydrogen) atoms. The predicted molar refractivity (Wildman–Crippen MR) is 47.7 cm³/mol. The number of rotatable bonds is 3. The molecule has 0 aromatic heterocycles. The van der Waals surface area contributed by atoms with Gasteiger partial charge < -0.3 is 5.11 Å². The lowest BCUT2D eigenvalue weighted by atomic mass is 9.75. The summed E-state index contributed by atoms with van der Waals surface area (Å²) in [5.41, 5.74) is 0. The third-order valence-corrected chi connectivity index (χ3v) is 2.89. The monoisotopic (exact) mass is 174 g/mol. The van der Waals surface area contributed by atoms with Crippen molar-refractivity contribution in [1.29, 1.82) is 0 Å². The Balaban J connectivity index is 2.34. The normalized spacial score (nSPS) is 36.8. The fourth-order valence-corrected chi connectivity index (χ4v) is 2.44. The zero-order valence-corrected chi connectivity index (χ0v) is 7.80. The van der Waals surface area contributed by atoms with Gasteiger partial charge in [-0.2, -0.15) is 0 Å². The maximum absolute atomic E-state index is 12.4. The zero-order valence-electron chi connectivity index (χ0n) is 7.80. The van der Waals surface area contributed by atoms with Crippen LogP contribution in [0.15, 0.2) is 0 Å². The van der Waals surface area contributed by atoms with E-state index in [0.717, 1.165) is 19.3 Å². The Kier molecular flexibility index (Phi) is 3.99. The van der Waals surface area contributed by atoms with Gasteiger partial charge in [0.1, 0.15) is 0 Å². The van der Waals surface area contributed by atoms with Gasteiger partial charge in [-0.15, -0.1) is 0 Å². The van der Waals surface area contributed by atoms with Crippen LogP contribution in [0.5, 0.6) is 0 Å². The van der Waals surface area contributed by atoms with Crippen molar-refractivity contribution in [3.05, 3.63) is 0 Å². The smallest absolute Gasteiger partial charge is 0.0922 e. The molecule has 1 N–H and O–H groups in total. The van der Waals surface area contributed by atoms with Gasteiger partial charge in [0.25, 0.3) is 0 Å². The lowest BCUT2D eigenvalue weighted by molar-refractivity contribution is 0.147. The van der Waals surface area contributed by atoms with Crippen molar-refractivity contribution in [3.63, 3.8) is 0 Å². The lowest BCUT2D eigenvalue weighted by Crippen LogP contribution is -2.23. The second-order valence-corrected chi connectivity index (χ2v) is 4.21. The molecule has 0 heterocycles. The van der Waals surface area contributed by atoms with Gasteiger partial charge in [0.05, 0.1) is 6.67 Å². The molecule has 0 bridgehead atoms. The van der Waals surface area contributed by atoms with E-state index >= 15 is 0 Å². The summed E-state index contributed by atoms with van der Waals surface area (Å²) in [5, 5.41) is 8.77. The van der Waals surface area contributed by atoms with E-state index in [2.05, 4.69) is 6.92 Å². The van der Waals surface area contributed by atoms with Crippen molar-refractivity contribution >= 4 is 0 Å². The highest BCUT2D eigenvalue weighted by Crippen LogP contribution is 2.34. The van der Waals surface area contributed by atoms with Crippen LogP contribution >= 0.6 is 0 Å². The van der Waals surface area contributed by atoms with Crippen molar-refractivity contribution in [2.75, 3.05) is 13.3 Å². The Bertz CT molecular complexity index is 127. The summed E-state index contributed by atoms with van der Waals surface area (Å²) in [6.07, 6.45) is 4.07. The van der Waals surface area contributed by atoms with Crippen LogP contribution in [0.3, 0.4) is 0 Å². The molecule has 1 saturated carbocycles. The van der Waals surface area contributed by atoms with Crippen LogP contribution in [0.25, 0.3) is 0 Å². The summed E-state index contributed by atoms with van der Waals surface area (Å²) in [5.74, 6) is 1.49. The molecule has 0 spiro atoms. The van der Waals surface area contributed by atoms with E-state index in [1.165, 1.54) is 6.42 Å². The van der Waals surface area contributed by atoms with Crippen LogP contribution in [0.2, 0.25) is 0 Å². The highest BCUT2D eigenvalue weighted by atomic mass is 19.1. The van der Waals surface area contributed by atoms with E-state index in [1.807, 2.05) is 0 Å². The Morgan fingerprint density at radius 3 is 2.50 bits per heavy atom. The first-order chi connectivity index (χ1) is 5.76. The fourth-order valence-electron chi connectivity index (χ4n) is 2.44. The summed E-state index contributed by atoms with van der Waals surface area (Å²) in [7, 11) is 0. The molecule has 1 aliphatic carbocycles. The average molecular weight is 174 g/mol. The van der Waals surface area contributed by atoms with Gasteiger partial charge in [-0.3, -0.25) is 4.39 Å². The van der Waals surface area contributed by atoms with E-state index < -0.39 is 0 Å². The standard InChI is InChI=1S/C10H19FO/c1-8-4-9(2-3-12)6-10(5-8)7-11/h8-10,12H,2-7H2,1H3. The van der Waals surface area contributed by atoms with Crippen molar-refractivity contribution in [3.8, 4) is 0 Å². The maximum atomic E-state index is 12.4. The van der Waals surface area contributed by atoms with Crippen LogP contribution in [0.4, 0.5) is 4.39 Å². The van der Waals surface area contributed by atoms with E-state index in [4.69, 9.17) is 5.11 Å². The van der Waals surface area contributed by atoms with Gasteiger partial charge in [-0.05, 0) is 43.4 Å². The van der Waals surface area contributed by atoms with E-state index in [9.17, 15) is 4.39 Å². The topological polar surface area (TPSA) is 20.2 Å². The molecule has 0 aromatic rings. The molecule has 0 aliphatic heterocycles. The average Bonchev–Trinajstić information content (AvgIpc) is 2.04. The predicted octanol–water partition coefficient (Wildman–Crippen LogP) is 2.39. The molecular weight excluding hydrogens is 155 g/mol. The molecule has 0 aromatic carbocycles. The Morgan fingerprint density at radius 1 is 1.25 bits per heavy atom. The molecule has 0 amide bonds. The minimum atomic E-state index is -0.174. The first-order valence-electron chi connectivity index (χ1n) is 4.93. The van der Waals surface area contributed by atoms with Crippen molar-refractivity contribution < 1.29 is 9.50 Å². The van der Waals surface area contributed by atoms with Crippen LogP contribution in [-0.2, 0) is 0 Å². The second kappa shape index (κ2) is 4.80.